The summed E-state index contributed by atoms with van der Waals surface area (Å²) >= 11 is 0. The number of esters is 1. The Hall–Kier alpha value is -2.50. The number of unbranched alkanes of at least 4 members (excludes halogenated alkanes) is 8. The molecule has 2 aromatic rings. The van der Waals surface area contributed by atoms with Gasteiger partial charge in [-0.25, -0.2) is 0 Å². The van der Waals surface area contributed by atoms with Gasteiger partial charge < -0.3 is 19.8 Å². The van der Waals surface area contributed by atoms with Gasteiger partial charge in [0.1, 0.15) is 0 Å². The van der Waals surface area contributed by atoms with Crippen molar-refractivity contribution in [1.82, 2.24) is 4.57 Å². The van der Waals surface area contributed by atoms with Gasteiger partial charge in [0, 0.05) is 24.5 Å². The van der Waals surface area contributed by atoms with Crippen molar-refractivity contribution in [3.63, 3.8) is 0 Å². The van der Waals surface area contributed by atoms with Crippen molar-refractivity contribution in [3.05, 3.63) is 28.6 Å². The summed E-state index contributed by atoms with van der Waals surface area (Å²) in [6.07, 6.45) is 10.9. The van der Waals surface area contributed by atoms with Crippen LogP contribution in [0, 0.1) is 0 Å². The highest BCUT2D eigenvalue weighted by atomic mass is 16.6. The molecule has 6 heteroatoms. The number of fused-ring (bicyclic) bond motifs is 1. The van der Waals surface area contributed by atoms with Crippen molar-refractivity contribution in [3.8, 4) is 11.5 Å². The zero-order valence-corrected chi connectivity index (χ0v) is 19.4. The molecule has 2 rings (SSSR count). The highest BCUT2D eigenvalue weighted by molar-refractivity contribution is 5.90. The van der Waals surface area contributed by atoms with E-state index >= 15 is 0 Å². The minimum absolute atomic E-state index is 0.0220. The molecule has 0 aliphatic carbocycles. The first-order chi connectivity index (χ1) is 15.0. The number of hydrogen-bond donors (Lipinski definition) is 1. The number of rotatable bonds is 14. The summed E-state index contributed by atoms with van der Waals surface area (Å²) in [5.74, 6) is -0.217. The van der Waals surface area contributed by atoms with E-state index in [9.17, 15) is 9.59 Å². The van der Waals surface area contributed by atoms with Gasteiger partial charge in [0.25, 0.3) is 5.56 Å². The first-order valence-electron chi connectivity index (χ1n) is 11.8. The van der Waals surface area contributed by atoms with Crippen LogP contribution in [0.3, 0.4) is 0 Å². The van der Waals surface area contributed by atoms with Crippen molar-refractivity contribution in [1.29, 1.82) is 0 Å². The van der Waals surface area contributed by atoms with Crippen molar-refractivity contribution in [2.75, 3.05) is 12.3 Å². The van der Waals surface area contributed by atoms with Crippen molar-refractivity contribution >= 4 is 22.6 Å². The lowest BCUT2D eigenvalue weighted by Gasteiger charge is -2.18. The first kappa shape index (κ1) is 24.8. The Bertz CT molecular complexity index is 905. The van der Waals surface area contributed by atoms with E-state index in [1.807, 2.05) is 6.07 Å². The van der Waals surface area contributed by atoms with Gasteiger partial charge >= 0.3 is 5.97 Å². The molecule has 0 saturated carbocycles. The van der Waals surface area contributed by atoms with Crippen molar-refractivity contribution in [2.45, 2.75) is 91.5 Å². The minimum Gasteiger partial charge on any atom is -0.489 e. The maximum absolute atomic E-state index is 13.3. The van der Waals surface area contributed by atoms with Crippen LogP contribution in [-0.4, -0.2) is 17.1 Å². The third-order valence-corrected chi connectivity index (χ3v) is 5.43. The molecule has 0 spiro atoms. The second-order valence-electron chi connectivity index (χ2n) is 8.16. The lowest BCUT2D eigenvalue weighted by atomic mass is 10.1. The second-order valence-corrected chi connectivity index (χ2v) is 8.16. The molecular formula is C25H38N2O4. The van der Waals surface area contributed by atoms with Gasteiger partial charge in [-0.1, -0.05) is 65.2 Å². The van der Waals surface area contributed by atoms with E-state index in [2.05, 4.69) is 13.8 Å². The topological polar surface area (TPSA) is 83.5 Å². The molecule has 0 bridgehead atoms. The molecular weight excluding hydrogens is 392 g/mol. The monoisotopic (exact) mass is 430 g/mol. The van der Waals surface area contributed by atoms with Crippen LogP contribution in [0.4, 0.5) is 5.69 Å². The molecule has 1 aromatic heterocycles. The van der Waals surface area contributed by atoms with Crippen molar-refractivity contribution in [2.24, 2.45) is 0 Å². The number of nitrogen functional groups attached to an aromatic ring is 1. The number of benzene rings is 1. The molecule has 0 saturated heterocycles. The van der Waals surface area contributed by atoms with Crippen LogP contribution in [0.25, 0.3) is 10.9 Å². The fourth-order valence-electron chi connectivity index (χ4n) is 3.77. The van der Waals surface area contributed by atoms with Crippen LogP contribution in [0.5, 0.6) is 11.5 Å². The predicted octanol–water partition coefficient (Wildman–Crippen LogP) is 5.83. The average Bonchev–Trinajstić information content (AvgIpc) is 2.74. The van der Waals surface area contributed by atoms with Gasteiger partial charge in [0.15, 0.2) is 5.75 Å². The van der Waals surface area contributed by atoms with Crippen molar-refractivity contribution < 1.29 is 14.3 Å². The summed E-state index contributed by atoms with van der Waals surface area (Å²) in [6, 6.07) is 5.43. The Morgan fingerprint density at radius 3 is 2.26 bits per heavy atom. The highest BCUT2D eigenvalue weighted by Crippen LogP contribution is 2.34. The van der Waals surface area contributed by atoms with Crippen LogP contribution in [0.1, 0.15) is 85.0 Å². The molecule has 0 atom stereocenters. The van der Waals surface area contributed by atoms with E-state index < -0.39 is 5.97 Å². The molecule has 0 radical (unpaired) electrons. The quantitative estimate of drug-likeness (QED) is 0.232. The van der Waals surface area contributed by atoms with Gasteiger partial charge in [-0.05, 0) is 31.0 Å². The van der Waals surface area contributed by atoms with Crippen LogP contribution >= 0.6 is 0 Å². The van der Waals surface area contributed by atoms with Crippen LogP contribution < -0.4 is 20.8 Å². The summed E-state index contributed by atoms with van der Waals surface area (Å²) in [5, 5.41) is 0.742. The van der Waals surface area contributed by atoms with E-state index in [1.165, 1.54) is 26.2 Å². The lowest BCUT2D eigenvalue weighted by molar-refractivity contribution is -0.132. The lowest BCUT2D eigenvalue weighted by Crippen LogP contribution is -2.25. The number of aryl methyl sites for hydroxylation is 1. The Morgan fingerprint density at radius 1 is 0.935 bits per heavy atom. The highest BCUT2D eigenvalue weighted by Gasteiger charge is 2.21. The number of anilines is 1. The molecule has 6 nitrogen and oxygen atoms in total. The molecule has 0 aliphatic rings. The Morgan fingerprint density at radius 2 is 1.58 bits per heavy atom. The van der Waals surface area contributed by atoms with Gasteiger partial charge in [-0.3, -0.25) is 9.59 Å². The second kappa shape index (κ2) is 13.0. The summed E-state index contributed by atoms with van der Waals surface area (Å²) in [7, 11) is 0. The zero-order chi connectivity index (χ0) is 22.6. The summed E-state index contributed by atoms with van der Waals surface area (Å²) in [5.41, 5.74) is 6.99. The molecule has 0 amide bonds. The smallest absolute Gasteiger partial charge is 0.308 e. The fourth-order valence-corrected chi connectivity index (χ4v) is 3.77. The Labute approximate surface area is 185 Å². The van der Waals surface area contributed by atoms with E-state index in [0.717, 1.165) is 55.8 Å². The maximum atomic E-state index is 13.3. The van der Waals surface area contributed by atoms with Gasteiger partial charge in [0.2, 0.25) is 5.75 Å². The van der Waals surface area contributed by atoms with Gasteiger partial charge in [0.05, 0.1) is 12.1 Å². The van der Waals surface area contributed by atoms with E-state index in [0.29, 0.717) is 24.6 Å². The Balaban J connectivity index is 2.37. The van der Waals surface area contributed by atoms with E-state index in [4.69, 9.17) is 15.2 Å². The standard InChI is InChI=1S/C25H38N2O4/c1-4-6-8-10-11-12-16-27-22-18-20(26)14-15-21(22)23(30-17-13-9-7-5-2)24(25(27)29)31-19(3)28/h14-15,18H,4-13,16-17,26H2,1-3H3. The molecule has 1 heterocycles. The van der Waals surface area contributed by atoms with Crippen LogP contribution in [-0.2, 0) is 11.3 Å². The number of aromatic nitrogens is 1. The summed E-state index contributed by atoms with van der Waals surface area (Å²) < 4.78 is 13.1. The van der Waals surface area contributed by atoms with E-state index in [-0.39, 0.29) is 11.3 Å². The fraction of sp³-hybridized carbons (Fsp3) is 0.600. The van der Waals surface area contributed by atoms with Gasteiger partial charge in [-0.15, -0.1) is 0 Å². The normalized spacial score (nSPS) is 11.1. The largest absolute Gasteiger partial charge is 0.489 e. The number of hydrogen-bond acceptors (Lipinski definition) is 5. The number of carbonyl (C=O) groups is 1. The number of pyridine rings is 1. The molecule has 0 unspecified atom stereocenters. The summed E-state index contributed by atoms with van der Waals surface area (Å²) in [6.45, 7) is 6.67. The van der Waals surface area contributed by atoms with Crippen LogP contribution in [0.15, 0.2) is 23.0 Å². The number of nitrogens with two attached hydrogens (primary N) is 1. The first-order valence-corrected chi connectivity index (χ1v) is 11.8. The predicted molar refractivity (Wildman–Crippen MR) is 127 cm³/mol. The molecule has 0 fully saturated rings. The van der Waals surface area contributed by atoms with Crippen LogP contribution in [0.2, 0.25) is 0 Å². The minimum atomic E-state index is -0.533. The average molecular weight is 431 g/mol. The van der Waals surface area contributed by atoms with E-state index in [1.54, 1.807) is 16.7 Å². The number of carbonyl (C=O) groups excluding carboxylic acids is 1. The Kier molecular flexibility index (Phi) is 10.4. The maximum Gasteiger partial charge on any atom is 0.308 e. The third kappa shape index (κ3) is 7.30. The van der Waals surface area contributed by atoms with Gasteiger partial charge in [-0.2, -0.15) is 0 Å². The summed E-state index contributed by atoms with van der Waals surface area (Å²) in [4.78, 5) is 25.1. The SMILES string of the molecule is CCCCCCCCn1c(=O)c(OC(C)=O)c(OCCCCCC)c2ccc(N)cc21. The zero-order valence-electron chi connectivity index (χ0n) is 19.4. The molecule has 1 aromatic carbocycles. The number of ether oxygens (including phenoxy) is 2. The molecule has 2 N–H and O–H groups in total. The number of nitrogens with zero attached hydrogens (tertiary/aromatic N) is 1. The molecule has 0 aliphatic heterocycles. The third-order valence-electron chi connectivity index (χ3n) is 5.43. The molecule has 31 heavy (non-hydrogen) atoms. The molecule has 172 valence electrons.